The Kier molecular flexibility index (Phi) is 6.09. The van der Waals surface area contributed by atoms with E-state index in [4.69, 9.17) is 0 Å². The van der Waals surface area contributed by atoms with Crippen molar-refractivity contribution in [1.82, 2.24) is 14.9 Å². The fourth-order valence-electron chi connectivity index (χ4n) is 3.10. The molecule has 3 rings (SSSR count). The number of para-hydroxylation sites is 1. The van der Waals surface area contributed by atoms with Gasteiger partial charge in [0.2, 0.25) is 5.95 Å². The number of rotatable bonds is 5. The van der Waals surface area contributed by atoms with Crippen LogP contribution >= 0.6 is 0 Å². The smallest absolute Gasteiger partial charge is 0.405 e. The van der Waals surface area contributed by atoms with Crippen molar-refractivity contribution in [3.63, 3.8) is 0 Å². The van der Waals surface area contributed by atoms with Crippen LogP contribution in [0.1, 0.15) is 23.0 Å². The van der Waals surface area contributed by atoms with E-state index in [9.17, 15) is 18.0 Å². The molecule has 7 nitrogen and oxygen atoms in total. The van der Waals surface area contributed by atoms with Crippen LogP contribution in [0.2, 0.25) is 0 Å². The van der Waals surface area contributed by atoms with Crippen LogP contribution in [-0.2, 0) is 0 Å². The van der Waals surface area contributed by atoms with E-state index in [0.717, 1.165) is 24.1 Å². The van der Waals surface area contributed by atoms with Gasteiger partial charge in [-0.3, -0.25) is 4.79 Å². The average molecular weight is 409 g/mol. The minimum atomic E-state index is -4.86. The van der Waals surface area contributed by atoms with Gasteiger partial charge in [0.1, 0.15) is 11.6 Å². The summed E-state index contributed by atoms with van der Waals surface area (Å²) >= 11 is 0. The molecule has 10 heteroatoms. The van der Waals surface area contributed by atoms with Crippen LogP contribution in [0.4, 0.5) is 24.9 Å². The Hall–Kier alpha value is -3.04. The van der Waals surface area contributed by atoms with Gasteiger partial charge in [-0.25, -0.2) is 4.98 Å². The number of carbonyl (C=O) groups is 1. The highest BCUT2D eigenvalue weighted by Gasteiger charge is 2.34. The zero-order valence-corrected chi connectivity index (χ0v) is 16.2. The van der Waals surface area contributed by atoms with Gasteiger partial charge in [-0.15, -0.1) is 13.2 Å². The summed E-state index contributed by atoms with van der Waals surface area (Å²) in [5.41, 5.74) is 0.710. The van der Waals surface area contributed by atoms with Crippen molar-refractivity contribution in [2.24, 2.45) is 0 Å². The molecule has 1 N–H and O–H groups in total. The Balaban J connectivity index is 1.69. The van der Waals surface area contributed by atoms with Crippen LogP contribution < -0.4 is 15.0 Å². The zero-order chi connectivity index (χ0) is 21.0. The van der Waals surface area contributed by atoms with E-state index >= 15 is 0 Å². The molecular weight excluding hydrogens is 387 g/mol. The Labute approximate surface area is 166 Å². The standard InChI is InChI=1S/C19H22F3N5O2/c1-3-23-16-12-13(2)24-18(25-16)27-10-8-26(9-11-27)17(28)14-6-4-5-7-15(14)29-19(20,21)22/h4-7,12H,3,8-11H2,1-2H3,(H,23,24,25). The first-order valence-electron chi connectivity index (χ1n) is 9.25. The van der Waals surface area contributed by atoms with Gasteiger partial charge in [-0.1, -0.05) is 12.1 Å². The molecule has 1 aliphatic rings. The van der Waals surface area contributed by atoms with E-state index < -0.39 is 18.0 Å². The molecule has 1 amide bonds. The maximum Gasteiger partial charge on any atom is 0.573 e. The number of ether oxygens (including phenoxy) is 1. The van der Waals surface area contributed by atoms with E-state index in [2.05, 4.69) is 20.0 Å². The summed E-state index contributed by atoms with van der Waals surface area (Å²) in [6.07, 6.45) is -4.86. The number of carbonyl (C=O) groups excluding carboxylic acids is 1. The first-order valence-corrected chi connectivity index (χ1v) is 9.25. The third-order valence-electron chi connectivity index (χ3n) is 4.39. The predicted molar refractivity (Wildman–Crippen MR) is 102 cm³/mol. The van der Waals surface area contributed by atoms with Gasteiger partial charge in [0.25, 0.3) is 5.91 Å². The maximum atomic E-state index is 12.8. The molecule has 1 aromatic heterocycles. The second-order valence-corrected chi connectivity index (χ2v) is 6.55. The van der Waals surface area contributed by atoms with Crippen molar-refractivity contribution in [3.8, 4) is 5.75 Å². The number of anilines is 2. The number of aryl methyl sites for hydroxylation is 1. The lowest BCUT2D eigenvalue weighted by atomic mass is 10.1. The topological polar surface area (TPSA) is 70.6 Å². The molecular formula is C19H22F3N5O2. The highest BCUT2D eigenvalue weighted by Crippen LogP contribution is 2.27. The third kappa shape index (κ3) is 5.27. The van der Waals surface area contributed by atoms with E-state index in [1.165, 1.54) is 23.1 Å². The van der Waals surface area contributed by atoms with E-state index in [1.807, 2.05) is 24.8 Å². The number of amides is 1. The second kappa shape index (κ2) is 8.54. The Morgan fingerprint density at radius 1 is 1.17 bits per heavy atom. The minimum Gasteiger partial charge on any atom is -0.405 e. The van der Waals surface area contributed by atoms with Crippen molar-refractivity contribution in [2.45, 2.75) is 20.2 Å². The summed E-state index contributed by atoms with van der Waals surface area (Å²) in [7, 11) is 0. The molecule has 0 atom stereocenters. The molecule has 2 aromatic rings. The van der Waals surface area contributed by atoms with Crippen LogP contribution in [-0.4, -0.2) is 59.9 Å². The van der Waals surface area contributed by atoms with Gasteiger partial charge < -0.3 is 19.9 Å². The molecule has 29 heavy (non-hydrogen) atoms. The van der Waals surface area contributed by atoms with Gasteiger partial charge in [-0.05, 0) is 26.0 Å². The van der Waals surface area contributed by atoms with Gasteiger partial charge in [-0.2, -0.15) is 4.98 Å². The van der Waals surface area contributed by atoms with Crippen molar-refractivity contribution in [2.75, 3.05) is 42.9 Å². The molecule has 0 unspecified atom stereocenters. The number of benzene rings is 1. The SMILES string of the molecule is CCNc1cc(C)nc(N2CCN(C(=O)c3ccccc3OC(F)(F)F)CC2)n1. The van der Waals surface area contributed by atoms with Crippen LogP contribution in [0.25, 0.3) is 0 Å². The summed E-state index contributed by atoms with van der Waals surface area (Å²) in [5.74, 6) is 0.299. The van der Waals surface area contributed by atoms with E-state index in [0.29, 0.717) is 32.1 Å². The van der Waals surface area contributed by atoms with Gasteiger partial charge in [0, 0.05) is 44.5 Å². The van der Waals surface area contributed by atoms with Crippen LogP contribution in [0.5, 0.6) is 5.75 Å². The number of halogens is 3. The second-order valence-electron chi connectivity index (χ2n) is 6.55. The van der Waals surface area contributed by atoms with Crippen LogP contribution in [0.15, 0.2) is 30.3 Å². The van der Waals surface area contributed by atoms with Crippen molar-refractivity contribution in [1.29, 1.82) is 0 Å². The molecule has 0 saturated carbocycles. The number of hydrogen-bond donors (Lipinski definition) is 1. The van der Waals surface area contributed by atoms with Crippen molar-refractivity contribution in [3.05, 3.63) is 41.6 Å². The predicted octanol–water partition coefficient (Wildman–Crippen LogP) is 3.08. The molecule has 0 bridgehead atoms. The Bertz CT molecular complexity index is 867. The molecule has 1 aromatic carbocycles. The number of piperazine rings is 1. The summed E-state index contributed by atoms with van der Waals surface area (Å²) in [4.78, 5) is 25.2. The molecule has 1 aliphatic heterocycles. The highest BCUT2D eigenvalue weighted by molar-refractivity contribution is 5.97. The molecule has 156 valence electrons. The lowest BCUT2D eigenvalue weighted by Crippen LogP contribution is -2.49. The molecule has 2 heterocycles. The maximum absolute atomic E-state index is 12.8. The molecule has 0 spiro atoms. The summed E-state index contributed by atoms with van der Waals surface area (Å²) < 4.78 is 41.8. The highest BCUT2D eigenvalue weighted by atomic mass is 19.4. The molecule has 0 radical (unpaired) electrons. The quantitative estimate of drug-likeness (QED) is 0.819. The normalized spacial score (nSPS) is 14.7. The van der Waals surface area contributed by atoms with Gasteiger partial charge in [0.15, 0.2) is 0 Å². The molecule has 1 saturated heterocycles. The van der Waals surface area contributed by atoms with E-state index in [1.54, 1.807) is 0 Å². The Morgan fingerprint density at radius 2 is 1.86 bits per heavy atom. The lowest BCUT2D eigenvalue weighted by molar-refractivity contribution is -0.274. The van der Waals surface area contributed by atoms with Crippen molar-refractivity contribution < 1.29 is 22.7 Å². The molecule has 0 aliphatic carbocycles. The van der Waals surface area contributed by atoms with Crippen LogP contribution in [0.3, 0.4) is 0 Å². The Morgan fingerprint density at radius 3 is 2.52 bits per heavy atom. The molecule has 1 fully saturated rings. The number of nitrogens with one attached hydrogen (secondary N) is 1. The lowest BCUT2D eigenvalue weighted by Gasteiger charge is -2.35. The minimum absolute atomic E-state index is 0.112. The largest absolute Gasteiger partial charge is 0.573 e. The summed E-state index contributed by atoms with van der Waals surface area (Å²) in [6.45, 7) is 6.22. The summed E-state index contributed by atoms with van der Waals surface area (Å²) in [6, 6.07) is 7.23. The third-order valence-corrected chi connectivity index (χ3v) is 4.39. The van der Waals surface area contributed by atoms with Crippen LogP contribution in [0, 0.1) is 6.92 Å². The monoisotopic (exact) mass is 409 g/mol. The fraction of sp³-hybridized carbons (Fsp3) is 0.421. The average Bonchev–Trinajstić information content (AvgIpc) is 2.67. The number of aromatic nitrogens is 2. The van der Waals surface area contributed by atoms with E-state index in [-0.39, 0.29) is 5.56 Å². The fourth-order valence-corrected chi connectivity index (χ4v) is 3.10. The van der Waals surface area contributed by atoms with Crippen molar-refractivity contribution >= 4 is 17.7 Å². The number of hydrogen-bond acceptors (Lipinski definition) is 6. The van der Waals surface area contributed by atoms with Gasteiger partial charge >= 0.3 is 6.36 Å². The van der Waals surface area contributed by atoms with Gasteiger partial charge in [0.05, 0.1) is 5.56 Å². The number of alkyl halides is 3. The number of nitrogens with zero attached hydrogens (tertiary/aromatic N) is 4. The first kappa shape index (κ1) is 20.7. The first-order chi connectivity index (χ1) is 13.8. The zero-order valence-electron chi connectivity index (χ0n) is 16.2. The summed E-state index contributed by atoms with van der Waals surface area (Å²) in [5, 5.41) is 3.15.